The van der Waals surface area contributed by atoms with E-state index in [4.69, 9.17) is 0 Å². The highest BCUT2D eigenvalue weighted by molar-refractivity contribution is 5.76. The molecule has 1 aliphatic heterocycles. The SMILES string of the molecule is Cc1ccccc1C1(O)CCN(C(=O)Cn2nc(C)c(C)cc2=O)C1. The predicted molar refractivity (Wildman–Crippen MR) is 94.2 cm³/mol. The Morgan fingerprint density at radius 3 is 2.68 bits per heavy atom. The molecule has 1 atom stereocenters. The number of aliphatic hydroxyl groups is 1. The summed E-state index contributed by atoms with van der Waals surface area (Å²) in [5.74, 6) is -0.206. The van der Waals surface area contributed by atoms with Crippen LogP contribution in [0.3, 0.4) is 0 Å². The molecule has 0 spiro atoms. The van der Waals surface area contributed by atoms with Gasteiger partial charge >= 0.3 is 0 Å². The second-order valence-corrected chi connectivity index (χ2v) is 6.82. The molecule has 1 aliphatic rings. The van der Waals surface area contributed by atoms with Crippen molar-refractivity contribution < 1.29 is 9.90 Å². The Morgan fingerprint density at radius 1 is 1.24 bits per heavy atom. The second-order valence-electron chi connectivity index (χ2n) is 6.82. The number of rotatable bonds is 3. The van der Waals surface area contributed by atoms with Crippen molar-refractivity contribution in [3.05, 3.63) is 63.1 Å². The molecule has 1 fully saturated rings. The van der Waals surface area contributed by atoms with E-state index in [2.05, 4.69) is 5.10 Å². The Hall–Kier alpha value is -2.47. The van der Waals surface area contributed by atoms with E-state index in [0.29, 0.717) is 13.0 Å². The Labute approximate surface area is 146 Å². The molecular weight excluding hydrogens is 318 g/mol. The van der Waals surface area contributed by atoms with E-state index < -0.39 is 5.60 Å². The summed E-state index contributed by atoms with van der Waals surface area (Å²) in [5.41, 5.74) is 2.07. The number of hydrogen-bond donors (Lipinski definition) is 1. The van der Waals surface area contributed by atoms with Crippen LogP contribution < -0.4 is 5.56 Å². The topological polar surface area (TPSA) is 75.4 Å². The third-order valence-corrected chi connectivity index (χ3v) is 4.97. The van der Waals surface area contributed by atoms with Gasteiger partial charge in [0.05, 0.1) is 12.2 Å². The largest absolute Gasteiger partial charge is 0.383 e. The van der Waals surface area contributed by atoms with Crippen LogP contribution in [0.4, 0.5) is 0 Å². The summed E-state index contributed by atoms with van der Waals surface area (Å²) in [7, 11) is 0. The molecule has 132 valence electrons. The number of amides is 1. The monoisotopic (exact) mass is 341 g/mol. The van der Waals surface area contributed by atoms with Crippen LogP contribution in [0, 0.1) is 20.8 Å². The van der Waals surface area contributed by atoms with Crippen molar-refractivity contribution in [2.24, 2.45) is 0 Å². The van der Waals surface area contributed by atoms with Crippen molar-refractivity contribution in [2.75, 3.05) is 13.1 Å². The van der Waals surface area contributed by atoms with Crippen LogP contribution >= 0.6 is 0 Å². The highest BCUT2D eigenvalue weighted by Crippen LogP contribution is 2.33. The van der Waals surface area contributed by atoms with Crippen LogP contribution in [0.25, 0.3) is 0 Å². The molecule has 0 aliphatic carbocycles. The maximum atomic E-state index is 12.6. The number of hydrogen-bond acceptors (Lipinski definition) is 4. The van der Waals surface area contributed by atoms with Gasteiger partial charge in [0, 0.05) is 12.6 Å². The number of benzene rings is 1. The number of likely N-dealkylation sites (tertiary alicyclic amines) is 1. The molecule has 0 saturated carbocycles. The fourth-order valence-electron chi connectivity index (χ4n) is 3.34. The average molecular weight is 341 g/mol. The molecular formula is C19H23N3O3. The Morgan fingerprint density at radius 2 is 1.96 bits per heavy atom. The minimum absolute atomic E-state index is 0.107. The molecule has 6 heteroatoms. The van der Waals surface area contributed by atoms with Crippen LogP contribution in [0.1, 0.15) is 28.8 Å². The zero-order valence-electron chi connectivity index (χ0n) is 14.8. The van der Waals surface area contributed by atoms with Crippen LogP contribution in [0.2, 0.25) is 0 Å². The fraction of sp³-hybridized carbons (Fsp3) is 0.421. The van der Waals surface area contributed by atoms with E-state index in [1.807, 2.05) is 45.0 Å². The number of aryl methyl sites for hydroxylation is 3. The van der Waals surface area contributed by atoms with Gasteiger partial charge in [0.1, 0.15) is 12.1 Å². The minimum Gasteiger partial charge on any atom is -0.383 e. The number of β-amino-alcohol motifs (C(OH)–C–C–N with tert-alkyl or cyclic N) is 1. The lowest BCUT2D eigenvalue weighted by Crippen LogP contribution is -2.39. The zero-order valence-corrected chi connectivity index (χ0v) is 14.8. The highest BCUT2D eigenvalue weighted by Gasteiger charge is 2.40. The number of nitrogens with zero attached hydrogens (tertiary/aromatic N) is 3. The first-order chi connectivity index (χ1) is 11.8. The molecule has 0 radical (unpaired) electrons. The summed E-state index contributed by atoms with van der Waals surface area (Å²) >= 11 is 0. The van der Waals surface area contributed by atoms with E-state index in [0.717, 1.165) is 22.4 Å². The van der Waals surface area contributed by atoms with E-state index >= 15 is 0 Å². The number of aromatic nitrogens is 2. The summed E-state index contributed by atoms with van der Waals surface area (Å²) in [5, 5.41) is 15.2. The first-order valence-corrected chi connectivity index (χ1v) is 8.42. The molecule has 2 aromatic rings. The maximum Gasteiger partial charge on any atom is 0.267 e. The first kappa shape index (κ1) is 17.4. The standard InChI is InChI=1S/C19H23N3O3/c1-13-6-4-5-7-16(13)19(25)8-9-21(12-19)18(24)11-22-17(23)10-14(2)15(3)20-22/h4-7,10,25H,8-9,11-12H2,1-3H3. The van der Waals surface area contributed by atoms with E-state index in [1.54, 1.807) is 4.90 Å². The molecule has 1 amide bonds. The lowest BCUT2D eigenvalue weighted by molar-refractivity contribution is -0.132. The van der Waals surface area contributed by atoms with Gasteiger partial charge in [-0.05, 0) is 43.9 Å². The number of carbonyl (C=O) groups excluding carboxylic acids is 1. The Balaban J connectivity index is 1.76. The average Bonchev–Trinajstić information content (AvgIpc) is 2.96. The summed E-state index contributed by atoms with van der Waals surface area (Å²) in [6.07, 6.45) is 0.485. The van der Waals surface area contributed by atoms with Crippen LogP contribution in [0.5, 0.6) is 0 Å². The number of carbonyl (C=O) groups is 1. The van der Waals surface area contributed by atoms with Crippen molar-refractivity contribution in [1.82, 2.24) is 14.7 Å². The van der Waals surface area contributed by atoms with Gasteiger partial charge in [-0.25, -0.2) is 4.68 Å². The molecule has 25 heavy (non-hydrogen) atoms. The van der Waals surface area contributed by atoms with Crippen LogP contribution in [0.15, 0.2) is 35.1 Å². The predicted octanol–water partition coefficient (Wildman–Crippen LogP) is 1.29. The zero-order chi connectivity index (χ0) is 18.2. The third-order valence-electron chi connectivity index (χ3n) is 4.97. The van der Waals surface area contributed by atoms with E-state index in [1.165, 1.54) is 10.7 Å². The molecule has 1 saturated heterocycles. The molecule has 1 aromatic carbocycles. The van der Waals surface area contributed by atoms with Gasteiger partial charge in [-0.3, -0.25) is 9.59 Å². The lowest BCUT2D eigenvalue weighted by atomic mass is 9.89. The normalized spacial score (nSPS) is 20.1. The van der Waals surface area contributed by atoms with Crippen molar-refractivity contribution in [3.63, 3.8) is 0 Å². The second kappa shape index (κ2) is 6.44. The van der Waals surface area contributed by atoms with Crippen molar-refractivity contribution in [1.29, 1.82) is 0 Å². The third kappa shape index (κ3) is 3.35. The Kier molecular flexibility index (Phi) is 4.47. The highest BCUT2D eigenvalue weighted by atomic mass is 16.3. The molecule has 3 rings (SSSR count). The molecule has 1 unspecified atom stereocenters. The summed E-state index contributed by atoms with van der Waals surface area (Å²) in [6, 6.07) is 9.17. The van der Waals surface area contributed by atoms with Gasteiger partial charge in [0.2, 0.25) is 5.91 Å². The van der Waals surface area contributed by atoms with Gasteiger partial charge < -0.3 is 10.0 Å². The molecule has 2 heterocycles. The van der Waals surface area contributed by atoms with Gasteiger partial charge in [-0.1, -0.05) is 24.3 Å². The van der Waals surface area contributed by atoms with Crippen molar-refractivity contribution >= 4 is 5.91 Å². The van der Waals surface area contributed by atoms with Crippen LogP contribution in [-0.4, -0.2) is 38.8 Å². The minimum atomic E-state index is -1.04. The van der Waals surface area contributed by atoms with Crippen LogP contribution in [-0.2, 0) is 16.9 Å². The summed E-state index contributed by atoms with van der Waals surface area (Å²) < 4.78 is 1.19. The molecule has 6 nitrogen and oxygen atoms in total. The Bertz CT molecular complexity index is 874. The first-order valence-electron chi connectivity index (χ1n) is 8.42. The van der Waals surface area contributed by atoms with Gasteiger partial charge in [0.15, 0.2) is 0 Å². The van der Waals surface area contributed by atoms with Gasteiger partial charge in [-0.2, -0.15) is 5.10 Å². The van der Waals surface area contributed by atoms with Crippen molar-refractivity contribution in [2.45, 2.75) is 39.3 Å². The smallest absolute Gasteiger partial charge is 0.267 e. The van der Waals surface area contributed by atoms with Crippen molar-refractivity contribution in [3.8, 4) is 0 Å². The fourth-order valence-corrected chi connectivity index (χ4v) is 3.34. The molecule has 0 bridgehead atoms. The van der Waals surface area contributed by atoms with Gasteiger partial charge in [0.25, 0.3) is 5.56 Å². The molecule has 1 N–H and O–H groups in total. The maximum absolute atomic E-state index is 12.6. The summed E-state index contributed by atoms with van der Waals surface area (Å²) in [4.78, 5) is 26.2. The van der Waals surface area contributed by atoms with E-state index in [9.17, 15) is 14.7 Å². The lowest BCUT2D eigenvalue weighted by Gasteiger charge is -2.25. The van der Waals surface area contributed by atoms with Gasteiger partial charge in [-0.15, -0.1) is 0 Å². The molecule has 1 aromatic heterocycles. The van der Waals surface area contributed by atoms with E-state index in [-0.39, 0.29) is 24.6 Å². The summed E-state index contributed by atoms with van der Waals surface area (Å²) in [6.45, 7) is 6.17. The quantitative estimate of drug-likeness (QED) is 0.913.